The first-order chi connectivity index (χ1) is 27.7. The molecule has 3 aromatic rings. The summed E-state index contributed by atoms with van der Waals surface area (Å²) in [5, 5.41) is 27.0. The number of rotatable bonds is 13. The molecule has 2 atom stereocenters. The number of piperazine rings is 2. The Labute approximate surface area is 334 Å². The Morgan fingerprint density at radius 3 is 1.98 bits per heavy atom. The highest BCUT2D eigenvalue weighted by Gasteiger charge is 2.36. The first-order valence-electron chi connectivity index (χ1n) is 19.2. The molecular formula is C41H47F3N8O6. The second-order valence-corrected chi connectivity index (χ2v) is 15.0. The van der Waals surface area contributed by atoms with E-state index in [-0.39, 0.29) is 30.3 Å². The van der Waals surface area contributed by atoms with Crippen LogP contribution in [0, 0.1) is 11.3 Å². The SMILES string of the molecule is CC(O)(COc1ccc(N2CCN(CCN3CCN(c4ccc(CC(=O)NC5CCC(=O)NC5=O)cc4)CC3)CC2)cc1)C(=O)Nc1ccc(C#N)c(C(F)(F)F)c1. The molecule has 3 aromatic carbocycles. The summed E-state index contributed by atoms with van der Waals surface area (Å²) < 4.78 is 45.6. The van der Waals surface area contributed by atoms with E-state index < -0.39 is 47.4 Å². The number of amides is 4. The zero-order chi connectivity index (χ0) is 41.5. The molecule has 0 aliphatic carbocycles. The molecule has 3 aliphatic heterocycles. The number of anilines is 3. The van der Waals surface area contributed by atoms with E-state index in [0.29, 0.717) is 18.2 Å². The number of nitrogens with zero attached hydrogens (tertiary/aromatic N) is 5. The number of piperidine rings is 1. The van der Waals surface area contributed by atoms with E-state index in [1.807, 2.05) is 36.4 Å². The van der Waals surface area contributed by atoms with Gasteiger partial charge in [0.1, 0.15) is 18.4 Å². The van der Waals surface area contributed by atoms with E-state index >= 15 is 0 Å². The molecular weight excluding hydrogens is 757 g/mol. The fraction of sp³-hybridized carbons (Fsp3) is 0.439. The monoisotopic (exact) mass is 804 g/mol. The Hall–Kier alpha value is -5.70. The summed E-state index contributed by atoms with van der Waals surface area (Å²) in [6, 6.07) is 18.8. The molecule has 3 saturated heterocycles. The third kappa shape index (κ3) is 11.0. The van der Waals surface area contributed by atoms with Gasteiger partial charge >= 0.3 is 6.18 Å². The van der Waals surface area contributed by atoms with Gasteiger partial charge in [-0.2, -0.15) is 18.4 Å². The standard InChI is InChI=1S/C41H47F3N8O6/c1-40(57,39(56)46-30-5-4-29(26-45)34(25-30)41(42,43)44)27-58-33-10-8-32(9-11-33)52-22-18-50(19-23-52)15-14-49-16-20-51(21-17-49)31-6-2-28(3-7-31)24-37(54)47-35-12-13-36(53)48-38(35)55/h2-11,25,35,57H,12-24,27H2,1H3,(H,46,56)(H,47,54)(H,48,53,55). The lowest BCUT2D eigenvalue weighted by molar-refractivity contribution is -0.138. The lowest BCUT2D eigenvalue weighted by atomic mass is 10.1. The molecule has 2 unspecified atom stereocenters. The fourth-order valence-electron chi connectivity index (χ4n) is 7.09. The Bertz CT molecular complexity index is 1990. The van der Waals surface area contributed by atoms with Crippen molar-refractivity contribution < 1.29 is 42.2 Å². The second kappa shape index (κ2) is 18.3. The maximum absolute atomic E-state index is 13.3. The summed E-state index contributed by atoms with van der Waals surface area (Å²) in [4.78, 5) is 58.1. The molecule has 3 heterocycles. The molecule has 4 N–H and O–H groups in total. The molecule has 17 heteroatoms. The maximum atomic E-state index is 13.3. The number of ether oxygens (including phenoxy) is 1. The minimum Gasteiger partial charge on any atom is -0.490 e. The van der Waals surface area contributed by atoms with Crippen LogP contribution in [0.5, 0.6) is 5.75 Å². The summed E-state index contributed by atoms with van der Waals surface area (Å²) in [5.41, 5.74) is -1.06. The molecule has 0 saturated carbocycles. The van der Waals surface area contributed by atoms with Crippen molar-refractivity contribution in [3.63, 3.8) is 0 Å². The highest BCUT2D eigenvalue weighted by molar-refractivity contribution is 6.01. The number of halogens is 3. The number of aliphatic hydroxyl groups is 1. The van der Waals surface area contributed by atoms with Crippen molar-refractivity contribution in [3.8, 4) is 11.8 Å². The summed E-state index contributed by atoms with van der Waals surface area (Å²) in [6.45, 7) is 9.93. The van der Waals surface area contributed by atoms with E-state index in [1.54, 1.807) is 12.1 Å². The zero-order valence-electron chi connectivity index (χ0n) is 32.2. The summed E-state index contributed by atoms with van der Waals surface area (Å²) in [6.07, 6.45) is -4.11. The molecule has 308 valence electrons. The van der Waals surface area contributed by atoms with Crippen LogP contribution in [0.4, 0.5) is 30.2 Å². The van der Waals surface area contributed by atoms with Crippen LogP contribution in [0.25, 0.3) is 0 Å². The average Bonchev–Trinajstić information content (AvgIpc) is 3.21. The smallest absolute Gasteiger partial charge is 0.417 e. The van der Waals surface area contributed by atoms with Crippen LogP contribution in [0.2, 0.25) is 0 Å². The van der Waals surface area contributed by atoms with Crippen LogP contribution in [0.15, 0.2) is 66.7 Å². The molecule has 0 aromatic heterocycles. The Kier molecular flexibility index (Phi) is 13.2. The molecule has 4 amide bonds. The fourth-order valence-corrected chi connectivity index (χ4v) is 7.09. The van der Waals surface area contributed by atoms with Crippen molar-refractivity contribution in [2.75, 3.05) is 87.2 Å². The molecule has 6 rings (SSSR count). The van der Waals surface area contributed by atoms with Crippen LogP contribution in [0.3, 0.4) is 0 Å². The van der Waals surface area contributed by atoms with Crippen LogP contribution >= 0.6 is 0 Å². The van der Waals surface area contributed by atoms with E-state index in [0.717, 1.165) is 94.5 Å². The lowest BCUT2D eigenvalue weighted by Gasteiger charge is -2.39. The predicted molar refractivity (Wildman–Crippen MR) is 209 cm³/mol. The van der Waals surface area contributed by atoms with Gasteiger partial charge in [-0.1, -0.05) is 12.1 Å². The number of nitrogens with one attached hydrogen (secondary N) is 3. The van der Waals surface area contributed by atoms with Gasteiger partial charge in [-0.15, -0.1) is 0 Å². The van der Waals surface area contributed by atoms with E-state index in [1.165, 1.54) is 13.0 Å². The average molecular weight is 805 g/mol. The van der Waals surface area contributed by atoms with Gasteiger partial charge in [-0.25, -0.2) is 0 Å². The van der Waals surface area contributed by atoms with Crippen molar-refractivity contribution in [2.45, 2.75) is 44.0 Å². The molecule has 0 spiro atoms. The topological polar surface area (TPSA) is 171 Å². The summed E-state index contributed by atoms with van der Waals surface area (Å²) >= 11 is 0. The molecule has 3 aliphatic rings. The molecule has 58 heavy (non-hydrogen) atoms. The van der Waals surface area contributed by atoms with E-state index in [4.69, 9.17) is 10.00 Å². The number of carbonyl (C=O) groups is 4. The number of nitriles is 1. The molecule has 0 radical (unpaired) electrons. The van der Waals surface area contributed by atoms with Crippen molar-refractivity contribution in [1.29, 1.82) is 5.26 Å². The van der Waals surface area contributed by atoms with E-state index in [9.17, 15) is 37.5 Å². The Morgan fingerprint density at radius 1 is 0.879 bits per heavy atom. The highest BCUT2D eigenvalue weighted by atomic mass is 19.4. The van der Waals surface area contributed by atoms with Gasteiger partial charge in [0, 0.05) is 88.9 Å². The van der Waals surface area contributed by atoms with Crippen molar-refractivity contribution in [2.24, 2.45) is 0 Å². The third-order valence-electron chi connectivity index (χ3n) is 10.6. The second-order valence-electron chi connectivity index (χ2n) is 15.0. The zero-order valence-corrected chi connectivity index (χ0v) is 32.2. The summed E-state index contributed by atoms with van der Waals surface area (Å²) in [5.74, 6) is -1.57. The van der Waals surface area contributed by atoms with Crippen molar-refractivity contribution in [3.05, 3.63) is 83.4 Å². The Morgan fingerprint density at radius 2 is 1.45 bits per heavy atom. The van der Waals surface area contributed by atoms with Gasteiger partial charge in [0.15, 0.2) is 5.60 Å². The van der Waals surface area contributed by atoms with Crippen molar-refractivity contribution >= 4 is 40.7 Å². The number of benzene rings is 3. The summed E-state index contributed by atoms with van der Waals surface area (Å²) in [7, 11) is 0. The minimum absolute atomic E-state index is 0.157. The quantitative estimate of drug-likeness (QED) is 0.188. The first kappa shape index (κ1) is 41.9. The predicted octanol–water partition coefficient (Wildman–Crippen LogP) is 2.75. The van der Waals surface area contributed by atoms with Gasteiger partial charge in [0.05, 0.1) is 23.6 Å². The largest absolute Gasteiger partial charge is 0.490 e. The normalized spacial score (nSPS) is 19.1. The lowest BCUT2D eigenvalue weighted by Crippen LogP contribution is -2.52. The number of hydrogen-bond acceptors (Lipinski definition) is 11. The van der Waals surface area contributed by atoms with Crippen LogP contribution in [0.1, 0.15) is 36.5 Å². The molecule has 3 fully saturated rings. The number of imide groups is 1. The highest BCUT2D eigenvalue weighted by Crippen LogP contribution is 2.34. The van der Waals surface area contributed by atoms with Crippen molar-refractivity contribution in [1.82, 2.24) is 20.4 Å². The van der Waals surface area contributed by atoms with Crippen LogP contribution < -0.4 is 30.5 Å². The van der Waals surface area contributed by atoms with Gasteiger partial charge in [-0.05, 0) is 73.5 Å². The molecule has 14 nitrogen and oxygen atoms in total. The number of carbonyl (C=O) groups excluding carboxylic acids is 4. The number of hydrogen-bond donors (Lipinski definition) is 4. The van der Waals surface area contributed by atoms with Gasteiger partial charge < -0.3 is 30.3 Å². The van der Waals surface area contributed by atoms with E-state index in [2.05, 4.69) is 35.6 Å². The first-order valence-corrected chi connectivity index (χ1v) is 19.2. The third-order valence-corrected chi connectivity index (χ3v) is 10.6. The molecule has 0 bridgehead atoms. The van der Waals surface area contributed by atoms with Gasteiger partial charge in [-0.3, -0.25) is 34.3 Å². The Balaban J connectivity index is 0.870. The maximum Gasteiger partial charge on any atom is 0.417 e. The minimum atomic E-state index is -4.79. The number of alkyl halides is 3. The van der Waals surface area contributed by atoms with Gasteiger partial charge in [0.25, 0.3) is 5.91 Å². The van der Waals surface area contributed by atoms with Crippen LogP contribution in [-0.4, -0.2) is 122 Å². The van der Waals surface area contributed by atoms with Crippen LogP contribution in [-0.2, 0) is 31.8 Å². The van der Waals surface area contributed by atoms with Gasteiger partial charge in [0.2, 0.25) is 17.7 Å².